The van der Waals surface area contributed by atoms with Crippen molar-refractivity contribution in [3.8, 4) is 0 Å². The van der Waals surface area contributed by atoms with Gasteiger partial charge in [0, 0.05) is 17.3 Å². The van der Waals surface area contributed by atoms with Crippen LogP contribution in [0.25, 0.3) is 10.9 Å². The van der Waals surface area contributed by atoms with E-state index in [2.05, 4.69) is 20.3 Å². The average molecular weight is 378 g/mol. The Labute approximate surface area is 159 Å². The average Bonchev–Trinajstić information content (AvgIpc) is 2.66. The van der Waals surface area contributed by atoms with Crippen molar-refractivity contribution in [2.24, 2.45) is 0 Å². The number of allylic oxidation sites excluding steroid dienone is 1. The van der Waals surface area contributed by atoms with Crippen molar-refractivity contribution < 1.29 is 9.53 Å². The number of H-pyrrole nitrogens is 2. The summed E-state index contributed by atoms with van der Waals surface area (Å²) in [7, 11) is 0. The summed E-state index contributed by atoms with van der Waals surface area (Å²) in [5.74, 6) is -0.934. The third-order valence-electron chi connectivity index (χ3n) is 4.73. The number of benzene rings is 1. The summed E-state index contributed by atoms with van der Waals surface area (Å²) in [4.78, 5) is 46.3. The van der Waals surface area contributed by atoms with Crippen molar-refractivity contribution >= 4 is 22.7 Å². The standard InChI is InChI=1S/C20H18N4O4/c1-3-28-19(26)14-10(2)22-17-16(18(25)24-20(27)23-17)15(14)12-6-7-13-11(9-12)5-4-8-21-13/h4-9,15H,3H2,1-2H3,(H3,22,23,24,25,27). The highest BCUT2D eigenvalue weighted by Gasteiger charge is 2.36. The first-order chi connectivity index (χ1) is 13.5. The third-order valence-corrected chi connectivity index (χ3v) is 4.73. The Balaban J connectivity index is 2.00. The summed E-state index contributed by atoms with van der Waals surface area (Å²) in [5.41, 5.74) is 1.45. The van der Waals surface area contributed by atoms with E-state index in [1.54, 1.807) is 20.0 Å². The van der Waals surface area contributed by atoms with Gasteiger partial charge in [0.2, 0.25) is 0 Å². The summed E-state index contributed by atoms with van der Waals surface area (Å²) in [5, 5.41) is 3.84. The predicted octanol–water partition coefficient (Wildman–Crippen LogP) is 2.01. The monoisotopic (exact) mass is 378 g/mol. The lowest BCUT2D eigenvalue weighted by Crippen LogP contribution is -2.35. The van der Waals surface area contributed by atoms with Crippen LogP contribution >= 0.6 is 0 Å². The molecule has 0 radical (unpaired) electrons. The second kappa shape index (κ2) is 6.80. The molecule has 0 aliphatic carbocycles. The zero-order chi connectivity index (χ0) is 19.8. The topological polar surface area (TPSA) is 117 Å². The zero-order valence-corrected chi connectivity index (χ0v) is 15.3. The van der Waals surface area contributed by atoms with Gasteiger partial charge in [0.1, 0.15) is 5.82 Å². The maximum absolute atomic E-state index is 12.7. The molecule has 1 aliphatic rings. The van der Waals surface area contributed by atoms with E-state index in [0.717, 1.165) is 16.5 Å². The van der Waals surface area contributed by atoms with E-state index in [1.807, 2.05) is 30.3 Å². The van der Waals surface area contributed by atoms with Crippen molar-refractivity contribution in [3.05, 3.63) is 79.8 Å². The fraction of sp³-hybridized carbons (Fsp3) is 0.200. The Kier molecular flexibility index (Phi) is 4.31. The van der Waals surface area contributed by atoms with E-state index in [9.17, 15) is 14.4 Å². The number of hydrogen-bond donors (Lipinski definition) is 3. The molecular weight excluding hydrogens is 360 g/mol. The number of ether oxygens (including phenoxy) is 1. The van der Waals surface area contributed by atoms with Gasteiger partial charge in [-0.15, -0.1) is 0 Å². The van der Waals surface area contributed by atoms with E-state index >= 15 is 0 Å². The van der Waals surface area contributed by atoms with Gasteiger partial charge in [-0.05, 0) is 37.6 Å². The number of nitrogens with one attached hydrogen (secondary N) is 3. The van der Waals surface area contributed by atoms with E-state index in [-0.39, 0.29) is 18.0 Å². The second-order valence-corrected chi connectivity index (χ2v) is 6.47. The summed E-state index contributed by atoms with van der Waals surface area (Å²) in [6, 6.07) is 9.28. The van der Waals surface area contributed by atoms with Crippen LogP contribution in [0.4, 0.5) is 5.82 Å². The number of carbonyl (C=O) groups is 1. The molecule has 28 heavy (non-hydrogen) atoms. The minimum absolute atomic E-state index is 0.207. The fourth-order valence-corrected chi connectivity index (χ4v) is 3.57. The largest absolute Gasteiger partial charge is 0.463 e. The van der Waals surface area contributed by atoms with Gasteiger partial charge in [-0.25, -0.2) is 9.59 Å². The van der Waals surface area contributed by atoms with Crippen LogP contribution in [-0.2, 0) is 9.53 Å². The first kappa shape index (κ1) is 17.7. The molecule has 0 saturated carbocycles. The molecule has 1 aliphatic heterocycles. The van der Waals surface area contributed by atoms with Gasteiger partial charge in [-0.3, -0.25) is 19.7 Å². The lowest BCUT2D eigenvalue weighted by molar-refractivity contribution is -0.138. The van der Waals surface area contributed by atoms with Gasteiger partial charge in [-0.1, -0.05) is 12.1 Å². The van der Waals surface area contributed by atoms with Crippen LogP contribution in [-0.4, -0.2) is 27.5 Å². The van der Waals surface area contributed by atoms with Gasteiger partial charge < -0.3 is 10.1 Å². The highest BCUT2D eigenvalue weighted by Crippen LogP contribution is 2.39. The molecule has 0 amide bonds. The molecule has 0 saturated heterocycles. The van der Waals surface area contributed by atoms with Crippen molar-refractivity contribution in [1.82, 2.24) is 15.0 Å². The van der Waals surface area contributed by atoms with Gasteiger partial charge in [0.05, 0.1) is 29.2 Å². The van der Waals surface area contributed by atoms with Crippen molar-refractivity contribution in [2.75, 3.05) is 11.9 Å². The lowest BCUT2D eigenvalue weighted by atomic mass is 9.82. The number of aromatic amines is 2. The fourth-order valence-electron chi connectivity index (χ4n) is 3.57. The minimum atomic E-state index is -0.694. The van der Waals surface area contributed by atoms with E-state index in [4.69, 9.17) is 4.74 Å². The molecule has 8 heteroatoms. The van der Waals surface area contributed by atoms with Gasteiger partial charge in [-0.2, -0.15) is 0 Å². The first-order valence-corrected chi connectivity index (χ1v) is 8.85. The summed E-state index contributed by atoms with van der Waals surface area (Å²) in [6.45, 7) is 3.64. The highest BCUT2D eigenvalue weighted by molar-refractivity contribution is 5.94. The number of anilines is 1. The van der Waals surface area contributed by atoms with Crippen molar-refractivity contribution in [3.63, 3.8) is 0 Å². The Hall–Kier alpha value is -3.68. The zero-order valence-electron chi connectivity index (χ0n) is 15.3. The molecule has 8 nitrogen and oxygen atoms in total. The Morgan fingerprint density at radius 1 is 1.21 bits per heavy atom. The number of fused-ring (bicyclic) bond motifs is 2. The molecule has 0 spiro atoms. The maximum Gasteiger partial charge on any atom is 0.336 e. The lowest BCUT2D eigenvalue weighted by Gasteiger charge is -2.28. The number of esters is 1. The number of aromatic nitrogens is 3. The number of carbonyl (C=O) groups excluding carboxylic acids is 1. The van der Waals surface area contributed by atoms with Crippen molar-refractivity contribution in [2.45, 2.75) is 19.8 Å². The quantitative estimate of drug-likeness (QED) is 0.600. The molecule has 3 N–H and O–H groups in total. The molecular formula is C20H18N4O4. The van der Waals surface area contributed by atoms with Crippen LogP contribution in [0.2, 0.25) is 0 Å². The van der Waals surface area contributed by atoms with Crippen molar-refractivity contribution in [1.29, 1.82) is 0 Å². The summed E-state index contributed by atoms with van der Waals surface area (Å²) < 4.78 is 5.24. The molecule has 1 unspecified atom stereocenters. The normalized spacial score (nSPS) is 15.9. The molecule has 4 rings (SSSR count). The Morgan fingerprint density at radius 2 is 2.04 bits per heavy atom. The van der Waals surface area contributed by atoms with E-state index < -0.39 is 23.1 Å². The summed E-state index contributed by atoms with van der Waals surface area (Å²) in [6.07, 6.45) is 1.70. The Bertz CT molecular complexity index is 1240. The number of rotatable bonds is 3. The second-order valence-electron chi connectivity index (χ2n) is 6.47. The third kappa shape index (κ3) is 2.88. The molecule has 0 bridgehead atoms. The molecule has 3 aromatic rings. The molecule has 0 fully saturated rings. The number of nitrogens with zero attached hydrogens (tertiary/aromatic N) is 1. The highest BCUT2D eigenvalue weighted by atomic mass is 16.5. The first-order valence-electron chi connectivity index (χ1n) is 8.85. The van der Waals surface area contributed by atoms with Gasteiger partial charge >= 0.3 is 11.7 Å². The van der Waals surface area contributed by atoms with Gasteiger partial charge in [0.15, 0.2) is 0 Å². The van der Waals surface area contributed by atoms with Crippen LogP contribution in [0.5, 0.6) is 0 Å². The molecule has 1 aromatic carbocycles. The molecule has 3 heterocycles. The molecule has 142 valence electrons. The maximum atomic E-state index is 12.7. The molecule has 1 atom stereocenters. The molecule has 2 aromatic heterocycles. The number of pyridine rings is 1. The van der Waals surface area contributed by atoms with Crippen LogP contribution in [0.1, 0.15) is 30.9 Å². The van der Waals surface area contributed by atoms with Crippen LogP contribution in [0, 0.1) is 0 Å². The van der Waals surface area contributed by atoms with E-state index in [0.29, 0.717) is 11.3 Å². The summed E-state index contributed by atoms with van der Waals surface area (Å²) >= 11 is 0. The van der Waals surface area contributed by atoms with Crippen LogP contribution in [0.15, 0.2) is 57.4 Å². The van der Waals surface area contributed by atoms with Gasteiger partial charge in [0.25, 0.3) is 5.56 Å². The van der Waals surface area contributed by atoms with Crippen LogP contribution < -0.4 is 16.6 Å². The predicted molar refractivity (Wildman–Crippen MR) is 104 cm³/mol. The van der Waals surface area contributed by atoms with E-state index in [1.165, 1.54) is 0 Å². The number of hydrogen-bond acceptors (Lipinski definition) is 6. The Morgan fingerprint density at radius 3 is 2.82 bits per heavy atom. The minimum Gasteiger partial charge on any atom is -0.463 e. The smallest absolute Gasteiger partial charge is 0.336 e. The SMILES string of the molecule is CCOC(=O)C1=C(C)Nc2[nH]c(=O)[nH]c(=O)c2C1c1ccc2ncccc2c1. The van der Waals surface area contributed by atoms with Crippen LogP contribution in [0.3, 0.4) is 0 Å².